The molecular weight excluding hydrogens is 516 g/mol. The second-order valence-corrected chi connectivity index (χ2v) is 9.91. The van der Waals surface area contributed by atoms with Crippen molar-refractivity contribution < 1.29 is 37.0 Å². The van der Waals surface area contributed by atoms with Crippen molar-refractivity contribution in [3.8, 4) is 11.5 Å². The van der Waals surface area contributed by atoms with Crippen molar-refractivity contribution in [2.45, 2.75) is 18.7 Å². The SMILES string of the molecule is CCOc1cc(N2CCOCC2)c(OCC)cc1NC(=O)COC(=O)CN=C1NS(=O)(=O)c2ccccc21. The normalized spacial score (nSPS) is 16.9. The van der Waals surface area contributed by atoms with E-state index in [1.807, 2.05) is 19.9 Å². The molecule has 0 atom stereocenters. The van der Waals surface area contributed by atoms with Gasteiger partial charge in [-0.3, -0.25) is 19.3 Å². The van der Waals surface area contributed by atoms with E-state index >= 15 is 0 Å². The summed E-state index contributed by atoms with van der Waals surface area (Å²) in [5, 5.41) is 2.71. The highest BCUT2D eigenvalue weighted by atomic mass is 32.2. The zero-order valence-electron chi connectivity index (χ0n) is 21.2. The number of benzene rings is 2. The van der Waals surface area contributed by atoms with Gasteiger partial charge in [-0.1, -0.05) is 12.1 Å². The second kappa shape index (κ2) is 12.1. The van der Waals surface area contributed by atoms with Crippen LogP contribution in [0, 0.1) is 0 Å². The highest BCUT2D eigenvalue weighted by Crippen LogP contribution is 2.39. The van der Waals surface area contributed by atoms with Gasteiger partial charge in [0.1, 0.15) is 23.9 Å². The molecule has 2 aliphatic heterocycles. The monoisotopic (exact) mass is 546 g/mol. The number of anilines is 2. The first-order valence-corrected chi connectivity index (χ1v) is 13.7. The number of hydrogen-bond acceptors (Lipinski definition) is 10. The molecule has 204 valence electrons. The summed E-state index contributed by atoms with van der Waals surface area (Å²) in [7, 11) is -3.72. The Kier molecular flexibility index (Phi) is 8.69. The van der Waals surface area contributed by atoms with E-state index in [9.17, 15) is 18.0 Å². The maximum absolute atomic E-state index is 12.6. The highest BCUT2D eigenvalue weighted by Gasteiger charge is 2.30. The van der Waals surface area contributed by atoms with E-state index in [-0.39, 0.29) is 10.7 Å². The van der Waals surface area contributed by atoms with E-state index in [1.54, 1.807) is 24.3 Å². The number of ether oxygens (including phenoxy) is 4. The van der Waals surface area contributed by atoms with Crippen LogP contribution in [0.4, 0.5) is 11.4 Å². The van der Waals surface area contributed by atoms with Crippen LogP contribution in [0.5, 0.6) is 11.5 Å². The summed E-state index contributed by atoms with van der Waals surface area (Å²) >= 11 is 0. The fourth-order valence-corrected chi connectivity index (χ4v) is 5.27. The van der Waals surface area contributed by atoms with Gasteiger partial charge in [-0.2, -0.15) is 0 Å². The van der Waals surface area contributed by atoms with Crippen LogP contribution in [0.1, 0.15) is 19.4 Å². The summed E-state index contributed by atoms with van der Waals surface area (Å²) in [5.41, 5.74) is 1.59. The minimum Gasteiger partial charge on any atom is -0.492 e. The quantitative estimate of drug-likeness (QED) is 0.424. The predicted octanol–water partition coefficient (Wildman–Crippen LogP) is 1.54. The average molecular weight is 547 g/mol. The molecule has 2 aromatic rings. The van der Waals surface area contributed by atoms with Crippen LogP contribution in [-0.4, -0.2) is 78.8 Å². The fourth-order valence-electron chi connectivity index (χ4n) is 4.02. The molecule has 12 nitrogen and oxygen atoms in total. The van der Waals surface area contributed by atoms with Crippen LogP contribution in [0.3, 0.4) is 0 Å². The van der Waals surface area contributed by atoms with Crippen molar-refractivity contribution in [2.75, 3.05) is 62.9 Å². The number of fused-ring (bicyclic) bond motifs is 1. The molecule has 1 saturated heterocycles. The van der Waals surface area contributed by atoms with E-state index in [0.29, 0.717) is 62.3 Å². The minimum atomic E-state index is -3.72. The molecule has 0 aromatic heterocycles. The van der Waals surface area contributed by atoms with Gasteiger partial charge in [0, 0.05) is 30.8 Å². The molecule has 13 heteroatoms. The number of nitrogens with zero attached hydrogens (tertiary/aromatic N) is 2. The lowest BCUT2D eigenvalue weighted by molar-refractivity contribution is -0.145. The lowest BCUT2D eigenvalue weighted by Crippen LogP contribution is -2.36. The van der Waals surface area contributed by atoms with Gasteiger partial charge in [0.25, 0.3) is 15.9 Å². The van der Waals surface area contributed by atoms with Crippen molar-refractivity contribution in [3.63, 3.8) is 0 Å². The Balaban J connectivity index is 1.40. The number of morpholine rings is 1. The molecule has 2 heterocycles. The molecule has 4 rings (SSSR count). The third-order valence-corrected chi connectivity index (χ3v) is 7.08. The van der Waals surface area contributed by atoms with Crippen molar-refractivity contribution in [1.29, 1.82) is 0 Å². The van der Waals surface area contributed by atoms with Crippen molar-refractivity contribution in [1.82, 2.24) is 4.72 Å². The van der Waals surface area contributed by atoms with Gasteiger partial charge in [-0.15, -0.1) is 0 Å². The molecule has 2 aliphatic rings. The van der Waals surface area contributed by atoms with Crippen LogP contribution in [0.2, 0.25) is 0 Å². The molecule has 0 unspecified atom stereocenters. The number of nitrogens with one attached hydrogen (secondary N) is 2. The standard InChI is InChI=1S/C25H30N4O8S/c1-3-35-20-14-19(29-9-11-34-12-10-29)21(36-4-2)13-18(20)27-23(30)16-37-24(31)15-26-25-17-7-5-6-8-22(17)38(32,33)28-25/h5-8,13-14H,3-4,9-12,15-16H2,1-2H3,(H,26,28)(H,27,30). The first-order valence-electron chi connectivity index (χ1n) is 12.2. The molecule has 0 spiro atoms. The lowest BCUT2D eigenvalue weighted by Gasteiger charge is -2.31. The zero-order chi connectivity index (χ0) is 27.1. The van der Waals surface area contributed by atoms with Crippen LogP contribution >= 0.6 is 0 Å². The van der Waals surface area contributed by atoms with Crippen LogP contribution in [0.25, 0.3) is 0 Å². The molecule has 0 aliphatic carbocycles. The van der Waals surface area contributed by atoms with Crippen molar-refractivity contribution in [3.05, 3.63) is 42.0 Å². The Bertz CT molecular complexity index is 1320. The maximum atomic E-state index is 12.6. The van der Waals surface area contributed by atoms with Gasteiger partial charge in [-0.05, 0) is 26.0 Å². The number of amides is 1. The topological polar surface area (TPSA) is 145 Å². The Labute approximate surface area is 221 Å². The third kappa shape index (κ3) is 6.34. The molecule has 1 fully saturated rings. The number of carbonyl (C=O) groups is 2. The summed E-state index contributed by atoms with van der Waals surface area (Å²) in [6.07, 6.45) is 0. The highest BCUT2D eigenvalue weighted by molar-refractivity contribution is 7.90. The first-order chi connectivity index (χ1) is 18.3. The molecule has 38 heavy (non-hydrogen) atoms. The summed E-state index contributed by atoms with van der Waals surface area (Å²) in [6.45, 7) is 6.08. The van der Waals surface area contributed by atoms with E-state index in [0.717, 1.165) is 5.69 Å². The summed E-state index contributed by atoms with van der Waals surface area (Å²) in [5.74, 6) is -0.289. The number of hydrogen-bond donors (Lipinski definition) is 2. The van der Waals surface area contributed by atoms with Gasteiger partial charge in [0.2, 0.25) is 0 Å². The summed E-state index contributed by atoms with van der Waals surface area (Å²) in [4.78, 5) is 31.0. The predicted molar refractivity (Wildman–Crippen MR) is 140 cm³/mol. The van der Waals surface area contributed by atoms with Crippen molar-refractivity contribution in [2.24, 2.45) is 4.99 Å². The number of aliphatic imine (C=N–C) groups is 1. The second-order valence-electron chi connectivity index (χ2n) is 8.26. The Hall–Kier alpha value is -3.84. The fraction of sp³-hybridized carbons (Fsp3) is 0.400. The molecule has 0 radical (unpaired) electrons. The van der Waals surface area contributed by atoms with E-state index in [1.165, 1.54) is 6.07 Å². The van der Waals surface area contributed by atoms with E-state index < -0.39 is 35.1 Å². The van der Waals surface area contributed by atoms with Crippen LogP contribution in [0.15, 0.2) is 46.3 Å². The Morgan fingerprint density at radius 3 is 2.53 bits per heavy atom. The van der Waals surface area contributed by atoms with Gasteiger partial charge in [0.15, 0.2) is 6.61 Å². The van der Waals surface area contributed by atoms with Gasteiger partial charge >= 0.3 is 5.97 Å². The van der Waals surface area contributed by atoms with Crippen LogP contribution < -0.4 is 24.4 Å². The van der Waals surface area contributed by atoms with Crippen molar-refractivity contribution >= 4 is 39.1 Å². The van der Waals surface area contributed by atoms with Gasteiger partial charge < -0.3 is 29.2 Å². The van der Waals surface area contributed by atoms with Crippen LogP contribution in [-0.2, 0) is 29.1 Å². The first kappa shape index (κ1) is 27.2. The lowest BCUT2D eigenvalue weighted by atomic mass is 10.2. The third-order valence-electron chi connectivity index (χ3n) is 5.68. The zero-order valence-corrected chi connectivity index (χ0v) is 22.0. The number of rotatable bonds is 10. The largest absolute Gasteiger partial charge is 0.492 e. The molecular formula is C25H30N4O8S. The number of esters is 1. The number of carbonyl (C=O) groups excluding carboxylic acids is 2. The number of amidine groups is 1. The molecule has 1 amide bonds. The smallest absolute Gasteiger partial charge is 0.328 e. The molecule has 2 aromatic carbocycles. The Morgan fingerprint density at radius 2 is 1.79 bits per heavy atom. The Morgan fingerprint density at radius 1 is 1.08 bits per heavy atom. The minimum absolute atomic E-state index is 0.0483. The summed E-state index contributed by atoms with van der Waals surface area (Å²) in [6, 6.07) is 9.80. The van der Waals surface area contributed by atoms with E-state index in [2.05, 4.69) is 19.9 Å². The summed E-state index contributed by atoms with van der Waals surface area (Å²) < 4.78 is 48.7. The average Bonchev–Trinajstić information content (AvgIpc) is 3.18. The van der Waals surface area contributed by atoms with E-state index in [4.69, 9.17) is 18.9 Å². The van der Waals surface area contributed by atoms with Gasteiger partial charge in [-0.25, -0.2) is 8.42 Å². The molecule has 0 bridgehead atoms. The molecule has 0 saturated carbocycles. The number of sulfonamides is 1. The maximum Gasteiger partial charge on any atom is 0.328 e. The van der Waals surface area contributed by atoms with Gasteiger partial charge in [0.05, 0.1) is 42.7 Å². The molecule has 2 N–H and O–H groups in total.